The van der Waals surface area contributed by atoms with E-state index in [1.54, 1.807) is 31.3 Å². The van der Waals surface area contributed by atoms with Crippen molar-refractivity contribution in [2.24, 2.45) is 0 Å². The van der Waals surface area contributed by atoms with Crippen molar-refractivity contribution in [2.45, 2.75) is 13.5 Å². The monoisotopic (exact) mass is 348 g/mol. The SMILES string of the molecule is C=C(C)C(=N)c1ccc(CNC(=O)c2ccccc2OC)c2[nH]ncc12. The number of benzene rings is 2. The van der Waals surface area contributed by atoms with Crippen LogP contribution >= 0.6 is 0 Å². The molecule has 3 aromatic rings. The van der Waals surface area contributed by atoms with Crippen molar-refractivity contribution < 1.29 is 9.53 Å². The lowest BCUT2D eigenvalue weighted by Gasteiger charge is -2.11. The van der Waals surface area contributed by atoms with E-state index < -0.39 is 0 Å². The van der Waals surface area contributed by atoms with Crippen LogP contribution < -0.4 is 10.1 Å². The number of methoxy groups -OCH3 is 1. The van der Waals surface area contributed by atoms with Crippen molar-refractivity contribution in [2.75, 3.05) is 7.11 Å². The van der Waals surface area contributed by atoms with Gasteiger partial charge in [0.2, 0.25) is 0 Å². The fourth-order valence-electron chi connectivity index (χ4n) is 2.79. The van der Waals surface area contributed by atoms with E-state index in [2.05, 4.69) is 22.1 Å². The number of ether oxygens (including phenoxy) is 1. The van der Waals surface area contributed by atoms with Gasteiger partial charge in [-0.15, -0.1) is 0 Å². The molecule has 6 heteroatoms. The summed E-state index contributed by atoms with van der Waals surface area (Å²) in [6.07, 6.45) is 1.69. The number of carbonyl (C=O) groups is 1. The van der Waals surface area contributed by atoms with Crippen molar-refractivity contribution in [1.82, 2.24) is 15.5 Å². The molecule has 0 aliphatic heterocycles. The molecule has 1 aromatic heterocycles. The van der Waals surface area contributed by atoms with Crippen molar-refractivity contribution in [3.8, 4) is 5.75 Å². The highest BCUT2D eigenvalue weighted by Crippen LogP contribution is 2.23. The summed E-state index contributed by atoms with van der Waals surface area (Å²) < 4.78 is 5.23. The van der Waals surface area contributed by atoms with E-state index in [1.165, 1.54) is 7.11 Å². The summed E-state index contributed by atoms with van der Waals surface area (Å²) in [6.45, 7) is 5.96. The third kappa shape index (κ3) is 3.21. The predicted octanol–water partition coefficient (Wildman–Crippen LogP) is 3.45. The quantitative estimate of drug-likeness (QED) is 0.596. The molecule has 0 saturated carbocycles. The number of amides is 1. The molecule has 0 saturated heterocycles. The molecule has 0 aliphatic carbocycles. The van der Waals surface area contributed by atoms with Gasteiger partial charge in [-0.05, 0) is 30.2 Å². The maximum Gasteiger partial charge on any atom is 0.255 e. The van der Waals surface area contributed by atoms with Gasteiger partial charge < -0.3 is 10.1 Å². The molecule has 2 aromatic carbocycles. The number of H-pyrrole nitrogens is 1. The van der Waals surface area contributed by atoms with E-state index in [4.69, 9.17) is 10.1 Å². The van der Waals surface area contributed by atoms with Crippen LogP contribution in [0.15, 0.2) is 54.7 Å². The van der Waals surface area contributed by atoms with E-state index in [1.807, 2.05) is 18.2 Å². The van der Waals surface area contributed by atoms with Gasteiger partial charge >= 0.3 is 0 Å². The Kier molecular flexibility index (Phi) is 4.84. The fourth-order valence-corrected chi connectivity index (χ4v) is 2.79. The summed E-state index contributed by atoms with van der Waals surface area (Å²) in [5.74, 6) is 0.316. The molecule has 0 fully saturated rings. The number of nitrogens with zero attached hydrogens (tertiary/aromatic N) is 1. The van der Waals surface area contributed by atoms with Crippen LogP contribution in [-0.4, -0.2) is 28.9 Å². The van der Waals surface area contributed by atoms with Gasteiger partial charge in [0.05, 0.1) is 30.1 Å². The Bertz CT molecular complexity index is 1000. The van der Waals surface area contributed by atoms with E-state index >= 15 is 0 Å². The average molecular weight is 348 g/mol. The summed E-state index contributed by atoms with van der Waals surface area (Å²) in [5, 5.41) is 19.0. The van der Waals surface area contributed by atoms with Gasteiger partial charge in [-0.25, -0.2) is 0 Å². The van der Waals surface area contributed by atoms with Crippen molar-refractivity contribution in [3.63, 3.8) is 0 Å². The molecule has 0 bridgehead atoms. The number of hydrogen-bond donors (Lipinski definition) is 3. The lowest BCUT2D eigenvalue weighted by atomic mass is 9.99. The smallest absolute Gasteiger partial charge is 0.255 e. The van der Waals surface area contributed by atoms with Crippen molar-refractivity contribution >= 4 is 22.5 Å². The van der Waals surface area contributed by atoms with E-state index in [9.17, 15) is 4.79 Å². The van der Waals surface area contributed by atoms with Crippen LogP contribution in [0.3, 0.4) is 0 Å². The minimum absolute atomic E-state index is 0.214. The van der Waals surface area contributed by atoms with Gasteiger partial charge in [-0.1, -0.05) is 30.8 Å². The summed E-state index contributed by atoms with van der Waals surface area (Å²) in [6, 6.07) is 10.8. The van der Waals surface area contributed by atoms with E-state index in [-0.39, 0.29) is 5.91 Å². The van der Waals surface area contributed by atoms with Crippen LogP contribution in [0, 0.1) is 5.41 Å². The second-order valence-electron chi connectivity index (χ2n) is 5.97. The number of rotatable bonds is 6. The first-order chi connectivity index (χ1) is 12.5. The molecular weight excluding hydrogens is 328 g/mol. The highest BCUT2D eigenvalue weighted by atomic mass is 16.5. The number of fused-ring (bicyclic) bond motifs is 1. The van der Waals surface area contributed by atoms with Crippen molar-refractivity contribution in [1.29, 1.82) is 5.41 Å². The Morgan fingerprint density at radius 2 is 2.04 bits per heavy atom. The Morgan fingerprint density at radius 1 is 1.27 bits per heavy atom. The zero-order valence-corrected chi connectivity index (χ0v) is 14.7. The van der Waals surface area contributed by atoms with Crippen LogP contribution in [0.1, 0.15) is 28.4 Å². The van der Waals surface area contributed by atoms with Gasteiger partial charge in [0, 0.05) is 17.5 Å². The number of allylic oxidation sites excluding steroid dienone is 1. The second-order valence-corrected chi connectivity index (χ2v) is 5.97. The maximum absolute atomic E-state index is 12.5. The van der Waals surface area contributed by atoms with Gasteiger partial charge in [0.15, 0.2) is 0 Å². The van der Waals surface area contributed by atoms with E-state index in [0.717, 1.165) is 22.0 Å². The van der Waals surface area contributed by atoms with Crippen molar-refractivity contribution in [3.05, 3.63) is 71.4 Å². The second kappa shape index (κ2) is 7.23. The summed E-state index contributed by atoms with van der Waals surface area (Å²) in [4.78, 5) is 12.5. The molecule has 0 aliphatic rings. The molecule has 1 amide bonds. The molecular formula is C20H20N4O2. The first-order valence-corrected chi connectivity index (χ1v) is 8.14. The Morgan fingerprint density at radius 3 is 2.77 bits per heavy atom. The number of carbonyl (C=O) groups excluding carboxylic acids is 1. The molecule has 132 valence electrons. The molecule has 3 rings (SSSR count). The van der Waals surface area contributed by atoms with Crippen LogP contribution in [0.4, 0.5) is 0 Å². The molecule has 0 radical (unpaired) electrons. The van der Waals surface area contributed by atoms with Gasteiger partial charge in [-0.3, -0.25) is 15.3 Å². The molecule has 0 unspecified atom stereocenters. The highest BCUT2D eigenvalue weighted by Gasteiger charge is 2.14. The van der Waals surface area contributed by atoms with Crippen LogP contribution in [0.25, 0.3) is 10.9 Å². The number of aromatic nitrogens is 2. The lowest BCUT2D eigenvalue weighted by molar-refractivity contribution is 0.0948. The third-order valence-electron chi connectivity index (χ3n) is 4.19. The molecule has 1 heterocycles. The van der Waals surface area contributed by atoms with Crippen LogP contribution in [-0.2, 0) is 6.54 Å². The highest BCUT2D eigenvalue weighted by molar-refractivity contribution is 6.17. The normalized spacial score (nSPS) is 10.5. The Labute approximate surface area is 151 Å². The Balaban J connectivity index is 1.85. The molecule has 3 N–H and O–H groups in total. The zero-order valence-electron chi connectivity index (χ0n) is 14.7. The summed E-state index contributed by atoms with van der Waals surface area (Å²) in [7, 11) is 1.54. The average Bonchev–Trinajstić information content (AvgIpc) is 3.15. The minimum Gasteiger partial charge on any atom is -0.496 e. The number of para-hydroxylation sites is 1. The first kappa shape index (κ1) is 17.4. The standard InChI is InChI=1S/C20H20N4O2/c1-12(2)18(21)14-9-8-13(19-16(14)11-23-24-19)10-22-20(25)15-6-4-5-7-17(15)26-3/h4-9,11,21H,1,10H2,2-3H3,(H,22,25)(H,23,24). The van der Waals surface area contributed by atoms with Gasteiger partial charge in [0.1, 0.15) is 5.75 Å². The topological polar surface area (TPSA) is 90.9 Å². The number of aromatic amines is 1. The fraction of sp³-hybridized carbons (Fsp3) is 0.150. The zero-order chi connectivity index (χ0) is 18.7. The molecule has 26 heavy (non-hydrogen) atoms. The number of nitrogens with one attached hydrogen (secondary N) is 3. The lowest BCUT2D eigenvalue weighted by Crippen LogP contribution is -2.23. The van der Waals surface area contributed by atoms with Gasteiger partial charge in [0.25, 0.3) is 5.91 Å². The third-order valence-corrected chi connectivity index (χ3v) is 4.19. The van der Waals surface area contributed by atoms with Crippen LogP contribution in [0.2, 0.25) is 0 Å². The van der Waals surface area contributed by atoms with E-state index in [0.29, 0.717) is 29.1 Å². The first-order valence-electron chi connectivity index (χ1n) is 8.14. The summed E-state index contributed by atoms with van der Waals surface area (Å²) >= 11 is 0. The van der Waals surface area contributed by atoms with Crippen LogP contribution in [0.5, 0.6) is 5.75 Å². The molecule has 0 atom stereocenters. The maximum atomic E-state index is 12.5. The van der Waals surface area contributed by atoms with Gasteiger partial charge in [-0.2, -0.15) is 5.10 Å². The summed E-state index contributed by atoms with van der Waals surface area (Å²) in [5.41, 5.74) is 4.00. The minimum atomic E-state index is -0.214. The largest absolute Gasteiger partial charge is 0.496 e. The molecule has 0 spiro atoms. The number of hydrogen-bond acceptors (Lipinski definition) is 4. The Hall–Kier alpha value is -3.41. The predicted molar refractivity (Wildman–Crippen MR) is 102 cm³/mol. The molecule has 6 nitrogen and oxygen atoms in total.